The fourth-order valence-electron chi connectivity index (χ4n) is 3.24. The van der Waals surface area contributed by atoms with Crippen molar-refractivity contribution in [1.29, 1.82) is 0 Å². The Kier molecular flexibility index (Phi) is 4.99. The molecule has 0 aromatic carbocycles. The van der Waals surface area contributed by atoms with Gasteiger partial charge in [0, 0.05) is 32.7 Å². The van der Waals surface area contributed by atoms with Crippen LogP contribution in [0.5, 0.6) is 0 Å². The lowest BCUT2D eigenvalue weighted by molar-refractivity contribution is -0.141. The summed E-state index contributed by atoms with van der Waals surface area (Å²) < 4.78 is 0. The first kappa shape index (κ1) is 15.3. The van der Waals surface area contributed by atoms with Crippen molar-refractivity contribution in [3.63, 3.8) is 0 Å². The second-order valence-corrected chi connectivity index (χ2v) is 5.88. The summed E-state index contributed by atoms with van der Waals surface area (Å²) in [5.74, 6) is -0.544. The Bertz CT molecular complexity index is 367. The van der Waals surface area contributed by atoms with Crippen LogP contribution in [0.15, 0.2) is 0 Å². The van der Waals surface area contributed by atoms with Gasteiger partial charge in [-0.1, -0.05) is 6.92 Å². The molecule has 2 saturated heterocycles. The third-order valence-electron chi connectivity index (χ3n) is 4.61. The zero-order chi connectivity index (χ0) is 14.6. The van der Waals surface area contributed by atoms with Crippen molar-refractivity contribution in [2.45, 2.75) is 26.2 Å². The molecule has 0 aromatic heterocycles. The predicted molar refractivity (Wildman–Crippen MR) is 75.5 cm³/mol. The summed E-state index contributed by atoms with van der Waals surface area (Å²) in [6.07, 6.45) is 2.64. The molecule has 2 aliphatic heterocycles. The zero-order valence-corrected chi connectivity index (χ0v) is 12.2. The van der Waals surface area contributed by atoms with Gasteiger partial charge in [0.25, 0.3) is 0 Å². The minimum atomic E-state index is -0.796. The number of nitrogens with zero attached hydrogens (tertiary/aromatic N) is 2. The highest BCUT2D eigenvalue weighted by Crippen LogP contribution is 2.32. The lowest BCUT2D eigenvalue weighted by Gasteiger charge is -2.32. The molecule has 6 nitrogen and oxygen atoms in total. The number of hydrogen-bond donors (Lipinski definition) is 2. The van der Waals surface area contributed by atoms with E-state index in [1.807, 2.05) is 9.80 Å². The van der Waals surface area contributed by atoms with Crippen LogP contribution in [0.25, 0.3) is 0 Å². The van der Waals surface area contributed by atoms with Gasteiger partial charge >= 0.3 is 5.97 Å². The van der Waals surface area contributed by atoms with Crippen LogP contribution >= 0.6 is 0 Å². The Hall–Kier alpha value is -1.14. The Labute approximate surface area is 120 Å². The molecule has 0 saturated carbocycles. The second-order valence-electron chi connectivity index (χ2n) is 5.88. The van der Waals surface area contributed by atoms with E-state index in [0.29, 0.717) is 13.1 Å². The third kappa shape index (κ3) is 3.30. The van der Waals surface area contributed by atoms with Gasteiger partial charge in [0.05, 0.1) is 12.0 Å². The number of carboxylic acids is 1. The largest absolute Gasteiger partial charge is 0.480 e. The molecule has 1 atom stereocenters. The molecule has 2 heterocycles. The van der Waals surface area contributed by atoms with Gasteiger partial charge < -0.3 is 15.3 Å². The third-order valence-corrected chi connectivity index (χ3v) is 4.61. The van der Waals surface area contributed by atoms with Crippen LogP contribution in [0.2, 0.25) is 0 Å². The Morgan fingerprint density at radius 3 is 2.65 bits per heavy atom. The van der Waals surface area contributed by atoms with E-state index in [9.17, 15) is 9.59 Å². The van der Waals surface area contributed by atoms with E-state index >= 15 is 0 Å². The van der Waals surface area contributed by atoms with E-state index in [1.54, 1.807) is 0 Å². The van der Waals surface area contributed by atoms with Gasteiger partial charge in [-0.25, -0.2) is 0 Å². The standard InChI is InChI=1S/C14H25N3O3/c1-2-14(4-5-15-11-14)13(20)17-7-3-6-16(8-9-17)10-12(18)19/h15H,2-11H2,1H3,(H,18,19). The quantitative estimate of drug-likeness (QED) is 0.759. The first-order chi connectivity index (χ1) is 9.57. The van der Waals surface area contributed by atoms with E-state index in [0.717, 1.165) is 45.4 Å². The maximum Gasteiger partial charge on any atom is 0.317 e. The summed E-state index contributed by atoms with van der Waals surface area (Å²) in [7, 11) is 0. The zero-order valence-electron chi connectivity index (χ0n) is 12.2. The number of amides is 1. The van der Waals surface area contributed by atoms with Gasteiger partial charge in [-0.3, -0.25) is 14.5 Å². The molecular weight excluding hydrogens is 258 g/mol. The van der Waals surface area contributed by atoms with Crippen LogP contribution in [0.1, 0.15) is 26.2 Å². The van der Waals surface area contributed by atoms with E-state index in [2.05, 4.69) is 12.2 Å². The number of hydrogen-bond acceptors (Lipinski definition) is 4. The molecule has 0 aliphatic carbocycles. The van der Waals surface area contributed by atoms with Crippen LogP contribution in [-0.4, -0.2) is 72.6 Å². The fraction of sp³-hybridized carbons (Fsp3) is 0.857. The van der Waals surface area contributed by atoms with Gasteiger partial charge in [-0.05, 0) is 25.8 Å². The van der Waals surface area contributed by atoms with Crippen LogP contribution in [0.4, 0.5) is 0 Å². The first-order valence-electron chi connectivity index (χ1n) is 7.52. The number of carbonyl (C=O) groups excluding carboxylic acids is 1. The summed E-state index contributed by atoms with van der Waals surface area (Å²) in [6.45, 7) is 6.65. The lowest BCUT2D eigenvalue weighted by atomic mass is 9.82. The lowest BCUT2D eigenvalue weighted by Crippen LogP contribution is -2.46. The smallest absolute Gasteiger partial charge is 0.317 e. The van der Waals surface area contributed by atoms with Crippen molar-refractivity contribution in [3.8, 4) is 0 Å². The number of carboxylic acid groups (broad SMARTS) is 1. The molecule has 2 N–H and O–H groups in total. The summed E-state index contributed by atoms with van der Waals surface area (Å²) in [6, 6.07) is 0. The Morgan fingerprint density at radius 2 is 2.05 bits per heavy atom. The van der Waals surface area contributed by atoms with Crippen LogP contribution < -0.4 is 5.32 Å². The molecule has 114 valence electrons. The molecule has 1 amide bonds. The van der Waals surface area contributed by atoms with Crippen molar-refractivity contribution in [2.24, 2.45) is 5.41 Å². The monoisotopic (exact) mass is 283 g/mol. The molecule has 2 aliphatic rings. The van der Waals surface area contributed by atoms with Gasteiger partial charge in [0.1, 0.15) is 0 Å². The van der Waals surface area contributed by atoms with Crippen molar-refractivity contribution >= 4 is 11.9 Å². The number of aliphatic carboxylic acids is 1. The van der Waals surface area contributed by atoms with Gasteiger partial charge in [-0.2, -0.15) is 0 Å². The molecule has 0 radical (unpaired) electrons. The molecule has 2 rings (SSSR count). The van der Waals surface area contributed by atoms with Gasteiger partial charge in [0.2, 0.25) is 5.91 Å². The highest BCUT2D eigenvalue weighted by molar-refractivity contribution is 5.83. The van der Waals surface area contributed by atoms with E-state index in [1.165, 1.54) is 0 Å². The molecule has 20 heavy (non-hydrogen) atoms. The molecule has 2 fully saturated rings. The van der Waals surface area contributed by atoms with Crippen LogP contribution in [0.3, 0.4) is 0 Å². The fourth-order valence-corrected chi connectivity index (χ4v) is 3.24. The number of carbonyl (C=O) groups is 2. The van der Waals surface area contributed by atoms with Crippen molar-refractivity contribution in [2.75, 3.05) is 45.8 Å². The molecular formula is C14H25N3O3. The minimum absolute atomic E-state index is 0.0719. The van der Waals surface area contributed by atoms with Gasteiger partial charge in [-0.15, -0.1) is 0 Å². The van der Waals surface area contributed by atoms with E-state index < -0.39 is 5.97 Å². The first-order valence-corrected chi connectivity index (χ1v) is 7.52. The maximum absolute atomic E-state index is 12.8. The summed E-state index contributed by atoms with van der Waals surface area (Å²) >= 11 is 0. The summed E-state index contributed by atoms with van der Waals surface area (Å²) in [5.41, 5.74) is -0.234. The topological polar surface area (TPSA) is 72.9 Å². The Balaban J connectivity index is 1.95. The SMILES string of the molecule is CCC1(C(=O)N2CCCN(CC(=O)O)CC2)CCNC1. The molecule has 0 bridgehead atoms. The average molecular weight is 283 g/mol. The highest BCUT2D eigenvalue weighted by Gasteiger charge is 2.42. The van der Waals surface area contributed by atoms with E-state index in [4.69, 9.17) is 5.11 Å². The number of nitrogens with one attached hydrogen (secondary N) is 1. The van der Waals surface area contributed by atoms with E-state index in [-0.39, 0.29) is 17.9 Å². The molecule has 0 spiro atoms. The summed E-state index contributed by atoms with van der Waals surface area (Å²) in [4.78, 5) is 27.4. The van der Waals surface area contributed by atoms with Crippen molar-refractivity contribution in [3.05, 3.63) is 0 Å². The normalized spacial score (nSPS) is 28.4. The maximum atomic E-state index is 12.8. The highest BCUT2D eigenvalue weighted by atomic mass is 16.4. The Morgan fingerprint density at radius 1 is 1.25 bits per heavy atom. The second kappa shape index (κ2) is 6.54. The minimum Gasteiger partial charge on any atom is -0.480 e. The van der Waals surface area contributed by atoms with Crippen molar-refractivity contribution in [1.82, 2.24) is 15.1 Å². The average Bonchev–Trinajstić information content (AvgIpc) is 2.80. The summed E-state index contributed by atoms with van der Waals surface area (Å²) in [5, 5.41) is 12.2. The number of rotatable bonds is 4. The van der Waals surface area contributed by atoms with Crippen molar-refractivity contribution < 1.29 is 14.7 Å². The predicted octanol–water partition coefficient (Wildman–Crippen LogP) is -0.00500. The molecule has 0 aromatic rings. The molecule has 1 unspecified atom stereocenters. The van der Waals surface area contributed by atoms with Gasteiger partial charge in [0.15, 0.2) is 0 Å². The van der Waals surface area contributed by atoms with Crippen LogP contribution in [0, 0.1) is 5.41 Å². The molecule has 6 heteroatoms. The van der Waals surface area contributed by atoms with Crippen LogP contribution in [-0.2, 0) is 9.59 Å².